The summed E-state index contributed by atoms with van der Waals surface area (Å²) in [6, 6.07) is 16.8. The van der Waals surface area contributed by atoms with Gasteiger partial charge >= 0.3 is 0 Å². The van der Waals surface area contributed by atoms with E-state index in [1.807, 2.05) is 54.6 Å². The molecule has 4 nitrogen and oxygen atoms in total. The third-order valence-corrected chi connectivity index (χ3v) is 4.69. The Hall–Kier alpha value is -2.62. The molecule has 1 fully saturated rings. The van der Waals surface area contributed by atoms with E-state index in [4.69, 9.17) is 0 Å². The zero-order valence-corrected chi connectivity index (χ0v) is 14.6. The standard InChI is InChI=1S/C21H24N2O2/c1-2-16-10-6-7-13-18(16)22-21(25)20(17-11-4-3-5-12-17)23-15-9-8-14-19(23)24/h3-7,10-13,20H,2,8-9,14-15H2,1H3,(H,22,25)/t20-/m1/s1. The Kier molecular flexibility index (Phi) is 5.49. The molecule has 1 heterocycles. The van der Waals surface area contributed by atoms with Crippen LogP contribution in [0, 0.1) is 0 Å². The van der Waals surface area contributed by atoms with Crippen LogP contribution in [-0.2, 0) is 16.0 Å². The van der Waals surface area contributed by atoms with Crippen LogP contribution in [0.5, 0.6) is 0 Å². The van der Waals surface area contributed by atoms with Crippen molar-refractivity contribution in [1.82, 2.24) is 4.90 Å². The van der Waals surface area contributed by atoms with Crippen molar-refractivity contribution in [2.24, 2.45) is 0 Å². The van der Waals surface area contributed by atoms with Gasteiger partial charge in [0.1, 0.15) is 6.04 Å². The summed E-state index contributed by atoms with van der Waals surface area (Å²) < 4.78 is 0. The monoisotopic (exact) mass is 336 g/mol. The van der Waals surface area contributed by atoms with Gasteiger partial charge in [-0.05, 0) is 36.5 Å². The summed E-state index contributed by atoms with van der Waals surface area (Å²) >= 11 is 0. The molecule has 25 heavy (non-hydrogen) atoms. The number of piperidine rings is 1. The Morgan fingerprint density at radius 3 is 2.52 bits per heavy atom. The molecule has 1 aliphatic rings. The molecule has 130 valence electrons. The molecule has 3 rings (SSSR count). The van der Waals surface area contributed by atoms with E-state index in [1.165, 1.54) is 0 Å². The summed E-state index contributed by atoms with van der Waals surface area (Å²) in [5, 5.41) is 3.05. The first kappa shape index (κ1) is 17.2. The molecule has 2 amide bonds. The maximum atomic E-state index is 13.1. The van der Waals surface area contributed by atoms with Gasteiger partial charge in [-0.3, -0.25) is 9.59 Å². The summed E-state index contributed by atoms with van der Waals surface area (Å²) in [6.07, 6.45) is 3.20. The average Bonchev–Trinajstić information content (AvgIpc) is 2.65. The van der Waals surface area contributed by atoms with Crippen LogP contribution in [0.4, 0.5) is 5.69 Å². The minimum absolute atomic E-state index is 0.0547. The maximum Gasteiger partial charge on any atom is 0.251 e. The molecule has 4 heteroatoms. The fourth-order valence-electron chi connectivity index (χ4n) is 3.36. The summed E-state index contributed by atoms with van der Waals surface area (Å²) in [4.78, 5) is 27.3. The van der Waals surface area contributed by atoms with E-state index in [-0.39, 0.29) is 11.8 Å². The van der Waals surface area contributed by atoms with Gasteiger partial charge in [-0.25, -0.2) is 0 Å². The highest BCUT2D eigenvalue weighted by Crippen LogP contribution is 2.27. The van der Waals surface area contributed by atoms with Crippen molar-refractivity contribution in [3.63, 3.8) is 0 Å². The number of rotatable bonds is 5. The summed E-state index contributed by atoms with van der Waals surface area (Å²) in [5.41, 5.74) is 2.76. The van der Waals surface area contributed by atoms with Gasteiger partial charge in [0, 0.05) is 18.7 Å². The van der Waals surface area contributed by atoms with Gasteiger partial charge < -0.3 is 10.2 Å². The Morgan fingerprint density at radius 2 is 1.80 bits per heavy atom. The maximum absolute atomic E-state index is 13.1. The van der Waals surface area contributed by atoms with Crippen molar-refractivity contribution >= 4 is 17.5 Å². The Balaban J connectivity index is 1.91. The average molecular weight is 336 g/mol. The molecule has 0 bridgehead atoms. The lowest BCUT2D eigenvalue weighted by Crippen LogP contribution is -2.43. The predicted molar refractivity (Wildman–Crippen MR) is 99.2 cm³/mol. The molecule has 0 aliphatic carbocycles. The first-order valence-corrected chi connectivity index (χ1v) is 8.94. The number of para-hydroxylation sites is 1. The number of aryl methyl sites for hydroxylation is 1. The molecule has 0 unspecified atom stereocenters. The molecule has 1 N–H and O–H groups in total. The minimum atomic E-state index is -0.584. The molecular formula is C21H24N2O2. The first-order valence-electron chi connectivity index (χ1n) is 8.94. The van der Waals surface area contributed by atoms with E-state index >= 15 is 0 Å². The topological polar surface area (TPSA) is 49.4 Å². The lowest BCUT2D eigenvalue weighted by Gasteiger charge is -2.34. The quantitative estimate of drug-likeness (QED) is 0.899. The highest BCUT2D eigenvalue weighted by molar-refractivity contribution is 5.98. The summed E-state index contributed by atoms with van der Waals surface area (Å²) in [6.45, 7) is 2.69. The van der Waals surface area contributed by atoms with E-state index < -0.39 is 6.04 Å². The number of carbonyl (C=O) groups is 2. The minimum Gasteiger partial charge on any atom is -0.327 e. The SMILES string of the molecule is CCc1ccccc1NC(=O)[C@@H](c1ccccc1)N1CCCCC1=O. The highest BCUT2D eigenvalue weighted by Gasteiger charge is 2.32. The smallest absolute Gasteiger partial charge is 0.251 e. The van der Waals surface area contributed by atoms with Gasteiger partial charge in [0.15, 0.2) is 0 Å². The van der Waals surface area contributed by atoms with Crippen LogP contribution >= 0.6 is 0 Å². The van der Waals surface area contributed by atoms with Crippen molar-refractivity contribution in [3.05, 3.63) is 65.7 Å². The molecule has 0 aromatic heterocycles. The van der Waals surface area contributed by atoms with Crippen LogP contribution in [0.1, 0.15) is 43.4 Å². The van der Waals surface area contributed by atoms with E-state index in [0.29, 0.717) is 13.0 Å². The largest absolute Gasteiger partial charge is 0.327 e. The molecule has 1 saturated heterocycles. The zero-order chi connectivity index (χ0) is 17.6. The molecule has 0 saturated carbocycles. The van der Waals surface area contributed by atoms with Gasteiger partial charge in [-0.15, -0.1) is 0 Å². The highest BCUT2D eigenvalue weighted by atomic mass is 16.2. The summed E-state index contributed by atoms with van der Waals surface area (Å²) in [7, 11) is 0. The van der Waals surface area contributed by atoms with Gasteiger partial charge in [0.05, 0.1) is 0 Å². The molecule has 1 aliphatic heterocycles. The predicted octanol–water partition coefficient (Wildman–Crippen LogP) is 3.94. The number of likely N-dealkylation sites (tertiary alicyclic amines) is 1. The molecule has 2 aromatic rings. The number of nitrogens with zero attached hydrogens (tertiary/aromatic N) is 1. The van der Waals surface area contributed by atoms with Crippen molar-refractivity contribution in [2.75, 3.05) is 11.9 Å². The number of anilines is 1. The van der Waals surface area contributed by atoms with Crippen LogP contribution in [0.3, 0.4) is 0 Å². The van der Waals surface area contributed by atoms with Crippen molar-refractivity contribution in [2.45, 2.75) is 38.6 Å². The number of benzene rings is 2. The molecule has 0 spiro atoms. The van der Waals surface area contributed by atoms with Gasteiger partial charge in [0.2, 0.25) is 5.91 Å². The number of carbonyl (C=O) groups excluding carboxylic acids is 2. The van der Waals surface area contributed by atoms with Gasteiger partial charge in [0.25, 0.3) is 5.91 Å². The molecular weight excluding hydrogens is 312 g/mol. The zero-order valence-electron chi connectivity index (χ0n) is 14.6. The van der Waals surface area contributed by atoms with Crippen molar-refractivity contribution in [1.29, 1.82) is 0 Å². The lowest BCUT2D eigenvalue weighted by molar-refractivity contribution is -0.141. The van der Waals surface area contributed by atoms with Crippen LogP contribution in [0.25, 0.3) is 0 Å². The van der Waals surface area contributed by atoms with Crippen LogP contribution in [0.2, 0.25) is 0 Å². The lowest BCUT2D eigenvalue weighted by atomic mass is 10.00. The first-order chi connectivity index (χ1) is 12.2. The fraction of sp³-hybridized carbons (Fsp3) is 0.333. The second kappa shape index (κ2) is 7.97. The second-order valence-corrected chi connectivity index (χ2v) is 6.36. The van der Waals surface area contributed by atoms with E-state index in [9.17, 15) is 9.59 Å². The third kappa shape index (κ3) is 3.90. The number of amides is 2. The van der Waals surface area contributed by atoms with Crippen LogP contribution in [0.15, 0.2) is 54.6 Å². The van der Waals surface area contributed by atoms with E-state index in [1.54, 1.807) is 4.90 Å². The number of hydrogen-bond donors (Lipinski definition) is 1. The van der Waals surface area contributed by atoms with Crippen molar-refractivity contribution < 1.29 is 9.59 Å². The van der Waals surface area contributed by atoms with Gasteiger partial charge in [-0.2, -0.15) is 0 Å². The van der Waals surface area contributed by atoms with Crippen LogP contribution < -0.4 is 5.32 Å². The van der Waals surface area contributed by atoms with Crippen LogP contribution in [-0.4, -0.2) is 23.3 Å². The van der Waals surface area contributed by atoms with E-state index in [2.05, 4.69) is 12.2 Å². The molecule has 2 aromatic carbocycles. The summed E-state index contributed by atoms with van der Waals surface area (Å²) in [5.74, 6) is -0.0959. The Morgan fingerprint density at radius 1 is 1.08 bits per heavy atom. The normalized spacial score (nSPS) is 15.7. The van der Waals surface area contributed by atoms with E-state index in [0.717, 1.165) is 36.1 Å². The number of hydrogen-bond acceptors (Lipinski definition) is 2. The van der Waals surface area contributed by atoms with Crippen molar-refractivity contribution in [3.8, 4) is 0 Å². The van der Waals surface area contributed by atoms with Gasteiger partial charge in [-0.1, -0.05) is 55.5 Å². The fourth-order valence-corrected chi connectivity index (χ4v) is 3.36. The Labute approximate surface area is 148 Å². The second-order valence-electron chi connectivity index (χ2n) is 6.36. The third-order valence-electron chi connectivity index (χ3n) is 4.69. The Bertz CT molecular complexity index is 743. The molecule has 1 atom stereocenters. The molecule has 0 radical (unpaired) electrons. The number of nitrogens with one attached hydrogen (secondary N) is 1.